The third-order valence-electron chi connectivity index (χ3n) is 5.70. The minimum absolute atomic E-state index is 0.151. The number of aryl methyl sites for hydroxylation is 2. The first-order valence-corrected chi connectivity index (χ1v) is 10.1. The van der Waals surface area contributed by atoms with Gasteiger partial charge in [0.2, 0.25) is 0 Å². The predicted octanol–water partition coefficient (Wildman–Crippen LogP) is 5.20. The van der Waals surface area contributed by atoms with Gasteiger partial charge in [-0.05, 0) is 37.6 Å². The van der Waals surface area contributed by atoms with E-state index in [0.29, 0.717) is 53.8 Å². The summed E-state index contributed by atoms with van der Waals surface area (Å²) in [6, 6.07) is 12.9. The van der Waals surface area contributed by atoms with Crippen LogP contribution in [0.15, 0.2) is 52.1 Å². The van der Waals surface area contributed by atoms with Gasteiger partial charge < -0.3 is 13.9 Å². The Morgan fingerprint density at radius 1 is 1.19 bits per heavy atom. The van der Waals surface area contributed by atoms with Gasteiger partial charge in [-0.1, -0.05) is 24.3 Å². The molecule has 1 aliphatic heterocycles. The Labute approximate surface area is 177 Å². The number of para-hydroxylation sites is 1. The van der Waals surface area contributed by atoms with Crippen LogP contribution in [0, 0.1) is 24.7 Å². The number of amides is 1. The van der Waals surface area contributed by atoms with Crippen LogP contribution in [-0.2, 0) is 4.74 Å². The van der Waals surface area contributed by atoms with Gasteiger partial charge in [0.05, 0.1) is 36.3 Å². The highest BCUT2D eigenvalue weighted by Gasteiger charge is 2.24. The van der Waals surface area contributed by atoms with Gasteiger partial charge in [-0.3, -0.25) is 4.79 Å². The molecule has 2 aromatic carbocycles. The number of rotatable bonds is 5. The van der Waals surface area contributed by atoms with Crippen molar-refractivity contribution in [3.63, 3.8) is 0 Å². The molecule has 0 unspecified atom stereocenters. The summed E-state index contributed by atoms with van der Waals surface area (Å²) in [7, 11) is 0. The molecule has 156 valence electrons. The van der Waals surface area contributed by atoms with Crippen LogP contribution in [0.4, 0.5) is 0 Å². The third kappa shape index (κ3) is 3.27. The van der Waals surface area contributed by atoms with E-state index in [1.807, 2.05) is 44.2 Å². The van der Waals surface area contributed by atoms with E-state index in [0.717, 1.165) is 22.1 Å². The summed E-state index contributed by atoms with van der Waals surface area (Å²) in [5.74, 6) is 0.496. The number of pyridine rings is 1. The fourth-order valence-corrected chi connectivity index (χ4v) is 3.90. The van der Waals surface area contributed by atoms with Crippen molar-refractivity contribution in [2.45, 2.75) is 13.8 Å². The van der Waals surface area contributed by atoms with Crippen molar-refractivity contribution in [2.24, 2.45) is 11.1 Å². The highest BCUT2D eigenvalue weighted by Crippen LogP contribution is 2.37. The molecule has 7 heteroatoms. The molecule has 0 saturated carbocycles. The standard InChI is InChI=1S/C24H20N2O5/c1-13-7-8-20(30-12-15-10-29-11-15)21-17(24(27)26-28)9-18(25-22(13)21)23-14(2)16-5-3-4-6-19(16)31-23/h3-9,15H,10-12H2,1-2H3. The molecule has 3 heterocycles. The summed E-state index contributed by atoms with van der Waals surface area (Å²) >= 11 is 0. The molecule has 31 heavy (non-hydrogen) atoms. The van der Waals surface area contributed by atoms with Gasteiger partial charge in [0, 0.05) is 22.0 Å². The summed E-state index contributed by atoms with van der Waals surface area (Å²) < 4.78 is 17.2. The summed E-state index contributed by atoms with van der Waals surface area (Å²) in [4.78, 5) is 28.6. The number of hydrogen-bond donors (Lipinski definition) is 0. The van der Waals surface area contributed by atoms with Crippen LogP contribution in [0.5, 0.6) is 5.75 Å². The second-order valence-electron chi connectivity index (χ2n) is 7.82. The first-order chi connectivity index (χ1) is 15.1. The normalized spacial score (nSPS) is 14.0. The molecule has 0 bridgehead atoms. The number of nitroso groups, excluding NO2 is 1. The van der Waals surface area contributed by atoms with Crippen molar-refractivity contribution in [3.05, 3.63) is 64.1 Å². The second kappa shape index (κ2) is 7.59. The average Bonchev–Trinajstić information content (AvgIpc) is 3.10. The van der Waals surface area contributed by atoms with Crippen LogP contribution in [0.1, 0.15) is 21.5 Å². The maximum absolute atomic E-state index is 12.5. The van der Waals surface area contributed by atoms with E-state index in [1.165, 1.54) is 0 Å². The van der Waals surface area contributed by atoms with Crippen molar-refractivity contribution < 1.29 is 18.7 Å². The Bertz CT molecular complexity index is 1340. The van der Waals surface area contributed by atoms with Crippen LogP contribution >= 0.6 is 0 Å². The van der Waals surface area contributed by atoms with E-state index in [1.54, 1.807) is 12.1 Å². The molecule has 0 spiro atoms. The quantitative estimate of drug-likeness (QED) is 0.416. The molecule has 1 aliphatic rings. The molecule has 1 amide bonds. The largest absolute Gasteiger partial charge is 0.492 e. The van der Waals surface area contributed by atoms with Crippen molar-refractivity contribution in [3.8, 4) is 17.2 Å². The lowest BCUT2D eigenvalue weighted by Crippen LogP contribution is -2.32. The SMILES string of the molecule is Cc1c(-c2cc(C(=O)N=O)c3c(OCC4COC4)ccc(C)c3n2)oc2ccccc12. The van der Waals surface area contributed by atoms with Gasteiger partial charge >= 0.3 is 5.91 Å². The van der Waals surface area contributed by atoms with Gasteiger partial charge in [0.25, 0.3) is 0 Å². The number of furan rings is 1. The lowest BCUT2D eigenvalue weighted by atomic mass is 10.0. The number of carbonyl (C=O) groups excluding carboxylic acids is 1. The zero-order chi connectivity index (χ0) is 21.5. The van der Waals surface area contributed by atoms with Crippen molar-refractivity contribution >= 4 is 27.8 Å². The molecule has 5 rings (SSSR count). The predicted molar refractivity (Wildman–Crippen MR) is 116 cm³/mol. The number of aromatic nitrogens is 1. The highest BCUT2D eigenvalue weighted by molar-refractivity contribution is 6.10. The fourth-order valence-electron chi connectivity index (χ4n) is 3.90. The Balaban J connectivity index is 1.72. The molecule has 1 fully saturated rings. The first-order valence-electron chi connectivity index (χ1n) is 10.1. The Kier molecular flexibility index (Phi) is 4.75. The van der Waals surface area contributed by atoms with E-state index < -0.39 is 5.91 Å². The van der Waals surface area contributed by atoms with E-state index in [2.05, 4.69) is 5.18 Å². The number of nitrogens with zero attached hydrogens (tertiary/aromatic N) is 2. The zero-order valence-electron chi connectivity index (χ0n) is 17.2. The second-order valence-corrected chi connectivity index (χ2v) is 7.82. The first kappa shape index (κ1) is 19.4. The van der Waals surface area contributed by atoms with Crippen molar-refractivity contribution in [1.29, 1.82) is 0 Å². The third-order valence-corrected chi connectivity index (χ3v) is 5.70. The summed E-state index contributed by atoms with van der Waals surface area (Å²) in [5, 5.41) is 4.14. The zero-order valence-corrected chi connectivity index (χ0v) is 17.2. The maximum atomic E-state index is 12.5. The number of fused-ring (bicyclic) bond motifs is 2. The molecular formula is C24H20N2O5. The molecule has 0 atom stereocenters. The molecule has 1 saturated heterocycles. The van der Waals surface area contributed by atoms with Crippen LogP contribution in [0.25, 0.3) is 33.3 Å². The van der Waals surface area contributed by atoms with Gasteiger partial charge in [0.15, 0.2) is 5.76 Å². The van der Waals surface area contributed by atoms with Gasteiger partial charge in [-0.2, -0.15) is 0 Å². The lowest BCUT2D eigenvalue weighted by molar-refractivity contribution is -0.0506. The molecule has 2 aromatic heterocycles. The van der Waals surface area contributed by atoms with E-state index in [9.17, 15) is 9.70 Å². The molecule has 0 N–H and O–H groups in total. The Morgan fingerprint density at radius 3 is 2.71 bits per heavy atom. The molecule has 7 nitrogen and oxygen atoms in total. The number of benzene rings is 2. The lowest BCUT2D eigenvalue weighted by Gasteiger charge is -2.26. The summed E-state index contributed by atoms with van der Waals surface area (Å²) in [6.07, 6.45) is 0. The Hall–Kier alpha value is -3.58. The van der Waals surface area contributed by atoms with Gasteiger partial charge in [-0.25, -0.2) is 4.98 Å². The molecule has 4 aromatic rings. The van der Waals surface area contributed by atoms with E-state index >= 15 is 0 Å². The van der Waals surface area contributed by atoms with Crippen molar-refractivity contribution in [1.82, 2.24) is 4.98 Å². The summed E-state index contributed by atoms with van der Waals surface area (Å²) in [6.45, 7) is 5.61. The highest BCUT2D eigenvalue weighted by atomic mass is 16.5. The molecule has 0 radical (unpaired) electrons. The maximum Gasteiger partial charge on any atom is 0.317 e. The fraction of sp³-hybridized carbons (Fsp3) is 0.250. The topological polar surface area (TPSA) is 91.0 Å². The average molecular weight is 416 g/mol. The van der Waals surface area contributed by atoms with E-state index in [4.69, 9.17) is 18.9 Å². The number of carbonyl (C=O) groups is 1. The number of hydrogen-bond acceptors (Lipinski definition) is 6. The minimum Gasteiger partial charge on any atom is -0.492 e. The van der Waals surface area contributed by atoms with Crippen LogP contribution in [-0.4, -0.2) is 30.7 Å². The van der Waals surface area contributed by atoms with Gasteiger partial charge in [-0.15, -0.1) is 4.91 Å². The molecular weight excluding hydrogens is 396 g/mol. The van der Waals surface area contributed by atoms with Crippen LogP contribution < -0.4 is 4.74 Å². The minimum atomic E-state index is -0.871. The monoisotopic (exact) mass is 416 g/mol. The number of ether oxygens (including phenoxy) is 2. The Morgan fingerprint density at radius 2 is 2.00 bits per heavy atom. The van der Waals surface area contributed by atoms with Crippen LogP contribution in [0.3, 0.4) is 0 Å². The summed E-state index contributed by atoms with van der Waals surface area (Å²) in [5.41, 5.74) is 3.70. The smallest absolute Gasteiger partial charge is 0.317 e. The van der Waals surface area contributed by atoms with Crippen molar-refractivity contribution in [2.75, 3.05) is 19.8 Å². The van der Waals surface area contributed by atoms with Gasteiger partial charge in [0.1, 0.15) is 17.0 Å². The van der Waals surface area contributed by atoms with E-state index in [-0.39, 0.29) is 5.56 Å². The molecule has 0 aliphatic carbocycles. The van der Waals surface area contributed by atoms with Crippen LogP contribution in [0.2, 0.25) is 0 Å².